The number of hydrogen-bond donors (Lipinski definition) is 0. The summed E-state index contributed by atoms with van der Waals surface area (Å²) in [5.74, 6) is 0.746. The highest BCUT2D eigenvalue weighted by Gasteiger charge is 2.35. The molecule has 30 heavy (non-hydrogen) atoms. The predicted molar refractivity (Wildman–Crippen MR) is 109 cm³/mol. The highest BCUT2D eigenvalue weighted by Crippen LogP contribution is 2.27. The quantitative estimate of drug-likeness (QED) is 0.664. The molecule has 5 rings (SSSR count). The minimum atomic E-state index is -0.308. The number of fused-ring (bicyclic) bond motifs is 1. The van der Waals surface area contributed by atoms with Crippen molar-refractivity contribution in [3.8, 4) is 11.4 Å². The lowest BCUT2D eigenvalue weighted by Crippen LogP contribution is -2.50. The number of carbonyl (C=O) groups is 1. The van der Waals surface area contributed by atoms with E-state index in [2.05, 4.69) is 27.2 Å². The zero-order valence-electron chi connectivity index (χ0n) is 16.6. The molecule has 1 atom stereocenters. The maximum Gasteiger partial charge on any atom is 0.241 e. The minimum Gasteiger partial charge on any atom is -0.341 e. The van der Waals surface area contributed by atoms with Crippen LogP contribution >= 0.6 is 0 Å². The van der Waals surface area contributed by atoms with E-state index in [0.717, 1.165) is 25.9 Å². The van der Waals surface area contributed by atoms with Gasteiger partial charge in [0.2, 0.25) is 17.6 Å². The first-order valence-corrected chi connectivity index (χ1v) is 10.4. The van der Waals surface area contributed by atoms with E-state index >= 15 is 0 Å². The smallest absolute Gasteiger partial charge is 0.241 e. The number of aromatic nitrogens is 2. The molecule has 2 aromatic carbocycles. The second-order valence-corrected chi connectivity index (χ2v) is 7.94. The molecule has 1 amide bonds. The van der Waals surface area contributed by atoms with Gasteiger partial charge in [0.05, 0.1) is 12.6 Å². The maximum atomic E-state index is 13.3. The lowest BCUT2D eigenvalue weighted by Gasteiger charge is -2.37. The summed E-state index contributed by atoms with van der Waals surface area (Å²) in [7, 11) is 0. The molecule has 0 saturated carbocycles. The molecule has 0 N–H and O–H groups in total. The molecule has 3 heterocycles. The van der Waals surface area contributed by atoms with E-state index in [1.54, 1.807) is 12.1 Å². The summed E-state index contributed by atoms with van der Waals surface area (Å²) >= 11 is 0. The topological polar surface area (TPSA) is 62.5 Å². The van der Waals surface area contributed by atoms with E-state index in [1.807, 2.05) is 17.0 Å². The van der Waals surface area contributed by atoms with Gasteiger partial charge in [-0.25, -0.2) is 4.39 Å². The molecule has 0 radical (unpaired) electrons. The lowest BCUT2D eigenvalue weighted by atomic mass is 9.93. The Kier molecular flexibility index (Phi) is 5.04. The number of likely N-dealkylation sites (tertiary alicyclic amines) is 1. The van der Waals surface area contributed by atoms with E-state index in [0.29, 0.717) is 36.8 Å². The van der Waals surface area contributed by atoms with Crippen molar-refractivity contribution in [2.45, 2.75) is 38.4 Å². The molecule has 0 unspecified atom stereocenters. The second-order valence-electron chi connectivity index (χ2n) is 7.94. The van der Waals surface area contributed by atoms with Crippen molar-refractivity contribution >= 4 is 5.91 Å². The van der Waals surface area contributed by atoms with Crippen LogP contribution in [0.25, 0.3) is 11.4 Å². The molecular weight excluding hydrogens is 383 g/mol. The number of amides is 1. The Morgan fingerprint density at radius 1 is 1.07 bits per heavy atom. The van der Waals surface area contributed by atoms with Gasteiger partial charge in [-0.1, -0.05) is 29.4 Å². The fourth-order valence-corrected chi connectivity index (χ4v) is 4.34. The van der Waals surface area contributed by atoms with Gasteiger partial charge in [-0.15, -0.1) is 0 Å². The minimum absolute atomic E-state index is 0.181. The van der Waals surface area contributed by atoms with Crippen LogP contribution in [0.5, 0.6) is 0 Å². The Labute approximate surface area is 174 Å². The first-order valence-electron chi connectivity index (χ1n) is 10.4. The summed E-state index contributed by atoms with van der Waals surface area (Å²) in [4.78, 5) is 21.8. The van der Waals surface area contributed by atoms with Gasteiger partial charge >= 0.3 is 0 Å². The van der Waals surface area contributed by atoms with Crippen molar-refractivity contribution in [3.63, 3.8) is 0 Å². The standard InChI is InChI=1S/C23H23FN4O2/c24-19-9-7-16(8-10-19)22-25-21(30-26-22)15-28-14-18-6-2-1-5-17(18)13-20(28)23(29)27-11-3-4-12-27/h1-2,5-10,20H,3-4,11-15H2/t20-/m0/s1. The third-order valence-electron chi connectivity index (χ3n) is 5.96. The Bertz CT molecular complexity index is 1040. The molecule has 154 valence electrons. The van der Waals surface area contributed by atoms with Gasteiger partial charge < -0.3 is 9.42 Å². The van der Waals surface area contributed by atoms with Gasteiger partial charge in [0, 0.05) is 25.2 Å². The summed E-state index contributed by atoms with van der Waals surface area (Å²) in [6.45, 7) is 2.72. The number of halogens is 1. The fraction of sp³-hybridized carbons (Fsp3) is 0.348. The molecule has 3 aromatic rings. The van der Waals surface area contributed by atoms with Crippen LogP contribution in [-0.4, -0.2) is 45.0 Å². The number of hydrogen-bond acceptors (Lipinski definition) is 5. The van der Waals surface area contributed by atoms with Gasteiger partial charge in [0.15, 0.2) is 0 Å². The van der Waals surface area contributed by atoms with Crippen LogP contribution in [0.3, 0.4) is 0 Å². The van der Waals surface area contributed by atoms with Crippen LogP contribution < -0.4 is 0 Å². The summed E-state index contributed by atoms with van der Waals surface area (Å²) in [5, 5.41) is 4.04. The van der Waals surface area contributed by atoms with Crippen LogP contribution in [0, 0.1) is 5.82 Å². The molecule has 7 heteroatoms. The third-order valence-corrected chi connectivity index (χ3v) is 5.96. The summed E-state index contributed by atoms with van der Waals surface area (Å²) in [6.07, 6.45) is 2.82. The van der Waals surface area contributed by atoms with Gasteiger partial charge in [-0.05, 0) is 54.7 Å². The maximum absolute atomic E-state index is 13.3. The third kappa shape index (κ3) is 3.73. The summed E-state index contributed by atoms with van der Waals surface area (Å²) in [6, 6.07) is 14.0. The Morgan fingerprint density at radius 3 is 2.57 bits per heavy atom. The van der Waals surface area contributed by atoms with E-state index < -0.39 is 0 Å². The number of benzene rings is 2. The molecule has 6 nitrogen and oxygen atoms in total. The van der Waals surface area contributed by atoms with Crippen molar-refractivity contribution in [3.05, 3.63) is 71.4 Å². The zero-order chi connectivity index (χ0) is 20.5. The van der Waals surface area contributed by atoms with Crippen LogP contribution in [0.1, 0.15) is 29.9 Å². The summed E-state index contributed by atoms with van der Waals surface area (Å²) < 4.78 is 18.6. The highest BCUT2D eigenvalue weighted by atomic mass is 19.1. The van der Waals surface area contributed by atoms with Crippen molar-refractivity contribution in [1.29, 1.82) is 0 Å². The van der Waals surface area contributed by atoms with Crippen LogP contribution in [0.2, 0.25) is 0 Å². The number of carbonyl (C=O) groups excluding carboxylic acids is 1. The first kappa shape index (κ1) is 18.9. The van der Waals surface area contributed by atoms with E-state index in [4.69, 9.17) is 4.52 Å². The van der Waals surface area contributed by atoms with Gasteiger partial charge in [0.1, 0.15) is 5.82 Å². The fourth-order valence-electron chi connectivity index (χ4n) is 4.34. The monoisotopic (exact) mass is 406 g/mol. The predicted octanol–water partition coefficient (Wildman–Crippen LogP) is 3.43. The van der Waals surface area contributed by atoms with Crippen LogP contribution in [0.15, 0.2) is 53.1 Å². The molecular formula is C23H23FN4O2. The Hall–Kier alpha value is -3.06. The summed E-state index contributed by atoms with van der Waals surface area (Å²) in [5.41, 5.74) is 3.14. The normalized spacial score (nSPS) is 19.1. The first-order chi connectivity index (χ1) is 14.7. The highest BCUT2D eigenvalue weighted by molar-refractivity contribution is 5.82. The molecule has 0 spiro atoms. The SMILES string of the molecule is O=C([C@@H]1Cc2ccccc2CN1Cc1nc(-c2ccc(F)cc2)no1)N1CCCC1. The van der Waals surface area contributed by atoms with E-state index in [-0.39, 0.29) is 17.8 Å². The van der Waals surface area contributed by atoms with E-state index in [9.17, 15) is 9.18 Å². The second kappa shape index (κ2) is 7.99. The van der Waals surface area contributed by atoms with Crippen molar-refractivity contribution in [1.82, 2.24) is 19.9 Å². The van der Waals surface area contributed by atoms with Crippen molar-refractivity contribution < 1.29 is 13.7 Å². The molecule has 0 bridgehead atoms. The largest absolute Gasteiger partial charge is 0.341 e. The molecule has 1 aromatic heterocycles. The molecule has 0 aliphatic carbocycles. The van der Waals surface area contributed by atoms with Crippen LogP contribution in [-0.2, 0) is 24.3 Å². The molecule has 1 saturated heterocycles. The molecule has 1 fully saturated rings. The van der Waals surface area contributed by atoms with Gasteiger partial charge in [0.25, 0.3) is 0 Å². The Morgan fingerprint density at radius 2 is 1.80 bits per heavy atom. The number of rotatable bonds is 4. The number of nitrogens with zero attached hydrogens (tertiary/aromatic N) is 4. The van der Waals surface area contributed by atoms with Crippen molar-refractivity contribution in [2.75, 3.05) is 13.1 Å². The van der Waals surface area contributed by atoms with Crippen LogP contribution in [0.4, 0.5) is 4.39 Å². The Balaban J connectivity index is 1.39. The lowest BCUT2D eigenvalue weighted by molar-refractivity contribution is -0.137. The average molecular weight is 406 g/mol. The molecule has 2 aliphatic heterocycles. The zero-order valence-corrected chi connectivity index (χ0v) is 16.6. The van der Waals surface area contributed by atoms with E-state index in [1.165, 1.54) is 23.3 Å². The van der Waals surface area contributed by atoms with Gasteiger partial charge in [-0.3, -0.25) is 9.69 Å². The van der Waals surface area contributed by atoms with Crippen molar-refractivity contribution in [2.24, 2.45) is 0 Å². The van der Waals surface area contributed by atoms with Gasteiger partial charge in [-0.2, -0.15) is 4.98 Å². The average Bonchev–Trinajstić information content (AvgIpc) is 3.46. The molecule has 2 aliphatic rings.